The molecule has 1 aromatic heterocycles. The van der Waals surface area contributed by atoms with Crippen LogP contribution >= 0.6 is 0 Å². The second-order valence-electron chi connectivity index (χ2n) is 8.53. The third-order valence-corrected chi connectivity index (χ3v) is 5.90. The maximum atomic E-state index is 12.8. The molecule has 0 unspecified atom stereocenters. The van der Waals surface area contributed by atoms with Crippen molar-refractivity contribution in [2.75, 3.05) is 25.1 Å². The van der Waals surface area contributed by atoms with Gasteiger partial charge in [0.25, 0.3) is 0 Å². The van der Waals surface area contributed by atoms with Crippen molar-refractivity contribution in [1.82, 2.24) is 4.98 Å². The minimum Gasteiger partial charge on any atom is -0.494 e. The summed E-state index contributed by atoms with van der Waals surface area (Å²) >= 11 is 0. The number of hydrogen-bond donors (Lipinski definition) is 1. The summed E-state index contributed by atoms with van der Waals surface area (Å²) in [5.41, 5.74) is 3.18. The van der Waals surface area contributed by atoms with Gasteiger partial charge < -0.3 is 19.5 Å². The summed E-state index contributed by atoms with van der Waals surface area (Å²) in [7, 11) is 0. The highest BCUT2D eigenvalue weighted by Gasteiger charge is 2.15. The Balaban J connectivity index is 1.48. The fourth-order valence-electron chi connectivity index (χ4n) is 4.18. The molecule has 4 rings (SSSR count). The van der Waals surface area contributed by atoms with Gasteiger partial charge in [-0.15, -0.1) is 0 Å². The Morgan fingerprint density at radius 2 is 1.47 bits per heavy atom. The number of Topliss-reactive ketones (excluding diaryl/α,β-unsaturated/α-hetero) is 1. The molecule has 0 aliphatic heterocycles. The van der Waals surface area contributed by atoms with E-state index in [4.69, 9.17) is 14.2 Å². The summed E-state index contributed by atoms with van der Waals surface area (Å²) in [5, 5.41) is 3.85. The largest absolute Gasteiger partial charge is 0.494 e. The summed E-state index contributed by atoms with van der Waals surface area (Å²) in [6, 6.07) is 22.6. The molecule has 0 spiro atoms. The van der Waals surface area contributed by atoms with Gasteiger partial charge in [0.15, 0.2) is 17.3 Å². The van der Waals surface area contributed by atoms with Gasteiger partial charge in [-0.1, -0.05) is 30.3 Å². The third-order valence-electron chi connectivity index (χ3n) is 5.90. The number of pyridine rings is 1. The van der Waals surface area contributed by atoms with Crippen molar-refractivity contribution in [3.63, 3.8) is 0 Å². The first kappa shape index (κ1) is 26.7. The van der Waals surface area contributed by atoms with Gasteiger partial charge in [0, 0.05) is 23.8 Å². The Labute approximate surface area is 222 Å². The molecule has 1 heterocycles. The molecule has 0 atom stereocenters. The lowest BCUT2D eigenvalue weighted by Crippen LogP contribution is -2.14. The number of benzene rings is 3. The summed E-state index contributed by atoms with van der Waals surface area (Å²) in [5.74, 6) is 1.92. The van der Waals surface area contributed by atoms with Crippen LogP contribution in [0.4, 0.5) is 5.82 Å². The van der Waals surface area contributed by atoms with Crippen LogP contribution in [0, 0.1) is 0 Å². The molecular weight excluding hydrogens is 480 g/mol. The van der Waals surface area contributed by atoms with E-state index in [2.05, 4.69) is 10.3 Å². The topological polar surface area (TPSA) is 86.8 Å². The van der Waals surface area contributed by atoms with Crippen molar-refractivity contribution >= 4 is 28.4 Å². The molecule has 3 aromatic carbocycles. The number of para-hydroxylation sites is 1. The summed E-state index contributed by atoms with van der Waals surface area (Å²) in [6.45, 7) is 7.26. The predicted molar refractivity (Wildman–Crippen MR) is 149 cm³/mol. The fraction of sp³-hybridized carbons (Fsp3) is 0.258. The number of amides is 1. The van der Waals surface area contributed by atoms with Crippen LogP contribution in [0.2, 0.25) is 0 Å². The van der Waals surface area contributed by atoms with Gasteiger partial charge in [-0.2, -0.15) is 0 Å². The molecular formula is C31H32N2O5. The molecule has 0 aliphatic carbocycles. The number of aromatic nitrogens is 1. The Bertz CT molecular complexity index is 1420. The zero-order valence-electron chi connectivity index (χ0n) is 22.0. The molecule has 0 radical (unpaired) electrons. The highest BCUT2D eigenvalue weighted by atomic mass is 16.5. The maximum absolute atomic E-state index is 12.8. The number of anilines is 1. The fourth-order valence-corrected chi connectivity index (χ4v) is 4.18. The molecule has 0 bridgehead atoms. The lowest BCUT2D eigenvalue weighted by atomic mass is 10.0. The number of hydrogen-bond acceptors (Lipinski definition) is 6. The van der Waals surface area contributed by atoms with Crippen LogP contribution in [0.25, 0.3) is 22.0 Å². The average molecular weight is 513 g/mol. The van der Waals surface area contributed by atoms with E-state index in [1.807, 2.05) is 75.4 Å². The van der Waals surface area contributed by atoms with E-state index >= 15 is 0 Å². The number of ketones is 1. The minimum atomic E-state index is -0.283. The van der Waals surface area contributed by atoms with E-state index in [1.54, 1.807) is 18.2 Å². The number of ether oxygens (including phenoxy) is 3. The normalized spacial score (nSPS) is 10.7. The first-order valence-corrected chi connectivity index (χ1v) is 12.9. The maximum Gasteiger partial charge on any atom is 0.225 e. The van der Waals surface area contributed by atoms with Crippen LogP contribution in [0.1, 0.15) is 44.0 Å². The Hall–Kier alpha value is -4.39. The van der Waals surface area contributed by atoms with E-state index in [0.29, 0.717) is 42.7 Å². The van der Waals surface area contributed by atoms with Crippen molar-refractivity contribution in [3.05, 3.63) is 78.4 Å². The van der Waals surface area contributed by atoms with Crippen molar-refractivity contribution in [1.29, 1.82) is 0 Å². The Kier molecular flexibility index (Phi) is 8.93. The molecule has 0 saturated carbocycles. The minimum absolute atomic E-state index is 0.0307. The SMILES string of the molecule is CCOc1ccc(-c2cc(NC(=O)CCC(=O)c3ccc(OCC)c(OCC)c3)nc3ccccc23)cc1. The van der Waals surface area contributed by atoms with Crippen LogP contribution in [0.15, 0.2) is 72.8 Å². The number of nitrogens with one attached hydrogen (secondary N) is 1. The van der Waals surface area contributed by atoms with E-state index in [-0.39, 0.29) is 24.5 Å². The zero-order chi connectivity index (χ0) is 26.9. The third kappa shape index (κ3) is 6.48. The summed E-state index contributed by atoms with van der Waals surface area (Å²) < 4.78 is 16.7. The van der Waals surface area contributed by atoms with Crippen molar-refractivity contribution < 1.29 is 23.8 Å². The quantitative estimate of drug-likeness (QED) is 0.213. The highest BCUT2D eigenvalue weighted by Crippen LogP contribution is 2.32. The molecule has 1 N–H and O–H groups in total. The van der Waals surface area contributed by atoms with Gasteiger partial charge in [0.1, 0.15) is 11.6 Å². The molecule has 7 heteroatoms. The van der Waals surface area contributed by atoms with Gasteiger partial charge in [0.05, 0.1) is 25.3 Å². The van der Waals surface area contributed by atoms with Crippen molar-refractivity contribution in [2.24, 2.45) is 0 Å². The zero-order valence-corrected chi connectivity index (χ0v) is 22.0. The average Bonchev–Trinajstić information content (AvgIpc) is 2.93. The van der Waals surface area contributed by atoms with Crippen LogP contribution in [-0.2, 0) is 4.79 Å². The Morgan fingerprint density at radius 1 is 0.763 bits per heavy atom. The second kappa shape index (κ2) is 12.7. The first-order valence-electron chi connectivity index (χ1n) is 12.9. The number of rotatable bonds is 12. The lowest BCUT2D eigenvalue weighted by Gasteiger charge is -2.12. The van der Waals surface area contributed by atoms with Crippen LogP contribution in [0.5, 0.6) is 17.2 Å². The summed E-state index contributed by atoms with van der Waals surface area (Å²) in [4.78, 5) is 30.2. The second-order valence-corrected chi connectivity index (χ2v) is 8.53. The number of nitrogens with zero attached hydrogens (tertiary/aromatic N) is 1. The van der Waals surface area contributed by atoms with Gasteiger partial charge in [-0.25, -0.2) is 4.98 Å². The first-order chi connectivity index (χ1) is 18.5. The monoisotopic (exact) mass is 512 g/mol. The highest BCUT2D eigenvalue weighted by molar-refractivity contribution is 6.02. The number of carbonyl (C=O) groups excluding carboxylic acids is 2. The molecule has 0 fully saturated rings. The standard InChI is InChI=1S/C31H32N2O5/c1-4-36-23-14-11-21(12-15-23)25-20-30(32-26-10-8-7-9-24(25)26)33-31(35)18-16-27(34)22-13-17-28(37-5-2)29(19-22)38-6-3/h7-15,17,19-20H,4-6,16,18H2,1-3H3,(H,32,33,35). The summed E-state index contributed by atoms with van der Waals surface area (Å²) in [6.07, 6.45) is 0.0909. The van der Waals surface area contributed by atoms with Crippen molar-refractivity contribution in [2.45, 2.75) is 33.6 Å². The van der Waals surface area contributed by atoms with E-state index in [9.17, 15) is 9.59 Å². The van der Waals surface area contributed by atoms with Gasteiger partial charge >= 0.3 is 0 Å². The van der Waals surface area contributed by atoms with E-state index in [1.165, 1.54) is 0 Å². The molecule has 7 nitrogen and oxygen atoms in total. The molecule has 1 amide bonds. The predicted octanol–water partition coefficient (Wildman–Crippen LogP) is 6.70. The van der Waals surface area contributed by atoms with Gasteiger partial charge in [-0.3, -0.25) is 9.59 Å². The van der Waals surface area contributed by atoms with E-state index < -0.39 is 0 Å². The molecule has 196 valence electrons. The molecule has 4 aromatic rings. The number of carbonyl (C=O) groups is 2. The van der Waals surface area contributed by atoms with Crippen LogP contribution < -0.4 is 19.5 Å². The number of fused-ring (bicyclic) bond motifs is 1. The van der Waals surface area contributed by atoms with E-state index in [0.717, 1.165) is 27.8 Å². The molecule has 38 heavy (non-hydrogen) atoms. The van der Waals surface area contributed by atoms with Crippen LogP contribution in [0.3, 0.4) is 0 Å². The smallest absolute Gasteiger partial charge is 0.225 e. The molecule has 0 saturated heterocycles. The lowest BCUT2D eigenvalue weighted by molar-refractivity contribution is -0.116. The van der Waals surface area contributed by atoms with Gasteiger partial charge in [0.2, 0.25) is 5.91 Å². The van der Waals surface area contributed by atoms with Crippen molar-refractivity contribution in [3.8, 4) is 28.4 Å². The Morgan fingerprint density at radius 3 is 2.21 bits per heavy atom. The van der Waals surface area contributed by atoms with Crippen LogP contribution in [-0.4, -0.2) is 36.5 Å². The molecule has 0 aliphatic rings. The van der Waals surface area contributed by atoms with Gasteiger partial charge in [-0.05, 0) is 74.4 Å².